The zero-order valence-electron chi connectivity index (χ0n) is 17.1. The Labute approximate surface area is 161 Å². The van der Waals surface area contributed by atoms with E-state index in [0.717, 1.165) is 35.8 Å². The number of nitrogens with zero attached hydrogens (tertiary/aromatic N) is 1. The van der Waals surface area contributed by atoms with Gasteiger partial charge >= 0.3 is 0 Å². The lowest BCUT2D eigenvalue weighted by atomic mass is 9.74. The van der Waals surface area contributed by atoms with E-state index in [0.29, 0.717) is 0 Å². The molecule has 3 rings (SSSR count). The summed E-state index contributed by atoms with van der Waals surface area (Å²) in [6.45, 7) is 2.37. The van der Waals surface area contributed by atoms with Crippen molar-refractivity contribution in [2.24, 2.45) is 23.7 Å². The van der Waals surface area contributed by atoms with Crippen molar-refractivity contribution in [3.05, 3.63) is 24.0 Å². The molecule has 2 fully saturated rings. The highest BCUT2D eigenvalue weighted by atomic mass is 16.5. The SMILES string of the molecule is CC[C@H]1CC[C@H](CCC2CCC(CCc3ccc(OC)cn3)CC2)CC1. The Morgan fingerprint density at radius 2 is 1.35 bits per heavy atom. The Bertz CT molecular complexity index is 495. The lowest BCUT2D eigenvalue weighted by molar-refractivity contribution is 0.211. The average Bonchev–Trinajstić information content (AvgIpc) is 2.72. The van der Waals surface area contributed by atoms with Gasteiger partial charge in [-0.05, 0) is 48.6 Å². The highest BCUT2D eigenvalue weighted by molar-refractivity contribution is 5.19. The molecule has 1 aromatic heterocycles. The molecule has 0 unspecified atom stereocenters. The number of aryl methyl sites for hydroxylation is 1. The third kappa shape index (κ3) is 5.99. The van der Waals surface area contributed by atoms with E-state index in [2.05, 4.69) is 18.0 Å². The third-order valence-corrected chi connectivity index (χ3v) is 7.34. The molecule has 2 heteroatoms. The quantitative estimate of drug-likeness (QED) is 0.509. The number of aromatic nitrogens is 1. The molecule has 0 amide bonds. The van der Waals surface area contributed by atoms with Gasteiger partial charge in [0.25, 0.3) is 0 Å². The average molecular weight is 358 g/mol. The van der Waals surface area contributed by atoms with Gasteiger partial charge in [-0.15, -0.1) is 0 Å². The van der Waals surface area contributed by atoms with Crippen LogP contribution in [0, 0.1) is 23.7 Å². The van der Waals surface area contributed by atoms with Crippen LogP contribution in [0.2, 0.25) is 0 Å². The summed E-state index contributed by atoms with van der Waals surface area (Å²) in [5.41, 5.74) is 1.22. The summed E-state index contributed by atoms with van der Waals surface area (Å²) in [6.07, 6.45) is 20.6. The van der Waals surface area contributed by atoms with Crippen LogP contribution in [0.15, 0.2) is 18.3 Å². The molecule has 0 radical (unpaired) electrons. The van der Waals surface area contributed by atoms with Crippen molar-refractivity contribution in [3.63, 3.8) is 0 Å². The van der Waals surface area contributed by atoms with Gasteiger partial charge in [0.15, 0.2) is 0 Å². The number of hydrogen-bond donors (Lipinski definition) is 0. The molecule has 146 valence electrons. The molecule has 2 aliphatic rings. The van der Waals surface area contributed by atoms with Crippen LogP contribution in [-0.2, 0) is 6.42 Å². The predicted octanol–water partition coefficient (Wildman–Crippen LogP) is 6.83. The minimum absolute atomic E-state index is 0.859. The van der Waals surface area contributed by atoms with Crippen LogP contribution in [0.3, 0.4) is 0 Å². The Balaban J connectivity index is 1.29. The van der Waals surface area contributed by atoms with Gasteiger partial charge in [0.05, 0.1) is 13.3 Å². The molecule has 0 aromatic carbocycles. The van der Waals surface area contributed by atoms with Crippen LogP contribution in [-0.4, -0.2) is 12.1 Å². The molecule has 0 atom stereocenters. The monoisotopic (exact) mass is 357 g/mol. The smallest absolute Gasteiger partial charge is 0.137 e. The highest BCUT2D eigenvalue weighted by Crippen LogP contribution is 2.38. The topological polar surface area (TPSA) is 22.1 Å². The lowest BCUT2D eigenvalue weighted by Crippen LogP contribution is -2.18. The second kappa shape index (κ2) is 10.3. The zero-order chi connectivity index (χ0) is 18.2. The maximum atomic E-state index is 5.19. The van der Waals surface area contributed by atoms with Gasteiger partial charge in [-0.1, -0.05) is 77.6 Å². The van der Waals surface area contributed by atoms with Crippen LogP contribution < -0.4 is 4.74 Å². The fourth-order valence-electron chi connectivity index (χ4n) is 5.24. The van der Waals surface area contributed by atoms with Crippen molar-refractivity contribution in [2.75, 3.05) is 7.11 Å². The van der Waals surface area contributed by atoms with E-state index in [1.807, 2.05) is 12.3 Å². The number of ether oxygens (including phenoxy) is 1. The molecule has 26 heavy (non-hydrogen) atoms. The van der Waals surface area contributed by atoms with E-state index in [4.69, 9.17) is 4.74 Å². The van der Waals surface area contributed by atoms with Crippen molar-refractivity contribution in [1.29, 1.82) is 0 Å². The predicted molar refractivity (Wildman–Crippen MR) is 110 cm³/mol. The Hall–Kier alpha value is -1.05. The molecule has 0 spiro atoms. The first-order valence-corrected chi connectivity index (χ1v) is 11.3. The van der Waals surface area contributed by atoms with Crippen molar-refractivity contribution in [1.82, 2.24) is 4.98 Å². The van der Waals surface area contributed by atoms with Crippen LogP contribution in [0.1, 0.15) is 89.7 Å². The normalized spacial score (nSPS) is 29.5. The number of pyridine rings is 1. The summed E-state index contributed by atoms with van der Waals surface area (Å²) in [5, 5.41) is 0. The minimum atomic E-state index is 0.859. The lowest BCUT2D eigenvalue weighted by Gasteiger charge is -2.31. The van der Waals surface area contributed by atoms with E-state index in [-0.39, 0.29) is 0 Å². The third-order valence-electron chi connectivity index (χ3n) is 7.34. The summed E-state index contributed by atoms with van der Waals surface area (Å²) in [4.78, 5) is 4.52. The first-order valence-electron chi connectivity index (χ1n) is 11.3. The van der Waals surface area contributed by atoms with Crippen LogP contribution in [0.5, 0.6) is 5.75 Å². The molecule has 1 aromatic rings. The van der Waals surface area contributed by atoms with E-state index < -0.39 is 0 Å². The summed E-state index contributed by atoms with van der Waals surface area (Å²) in [5.74, 6) is 4.90. The molecule has 2 saturated carbocycles. The van der Waals surface area contributed by atoms with Crippen molar-refractivity contribution < 1.29 is 4.74 Å². The van der Waals surface area contributed by atoms with E-state index in [9.17, 15) is 0 Å². The molecule has 0 saturated heterocycles. The molecular weight excluding hydrogens is 318 g/mol. The van der Waals surface area contributed by atoms with Gasteiger partial charge in [0.2, 0.25) is 0 Å². The maximum Gasteiger partial charge on any atom is 0.137 e. The first kappa shape index (κ1) is 19.7. The molecule has 0 aliphatic heterocycles. The minimum Gasteiger partial charge on any atom is -0.495 e. The van der Waals surface area contributed by atoms with Gasteiger partial charge in [-0.3, -0.25) is 4.98 Å². The van der Waals surface area contributed by atoms with E-state index in [1.165, 1.54) is 82.7 Å². The van der Waals surface area contributed by atoms with Gasteiger partial charge in [0.1, 0.15) is 5.75 Å². The first-order chi connectivity index (χ1) is 12.8. The molecular formula is C24H39NO. The Morgan fingerprint density at radius 3 is 1.81 bits per heavy atom. The standard InChI is InChI=1S/C24H39NO/c1-3-19-4-6-20(7-5-19)8-9-21-10-12-22(13-11-21)14-15-23-16-17-24(26-2)18-25-23/h16-22H,3-15H2,1-2H3/t19-,20-,21?,22?. The van der Waals surface area contributed by atoms with Gasteiger partial charge in [-0.2, -0.15) is 0 Å². The number of rotatable bonds is 8. The second-order valence-electron chi connectivity index (χ2n) is 8.99. The Morgan fingerprint density at radius 1 is 0.808 bits per heavy atom. The fraction of sp³-hybridized carbons (Fsp3) is 0.792. The molecule has 2 nitrogen and oxygen atoms in total. The zero-order valence-corrected chi connectivity index (χ0v) is 17.1. The molecule has 1 heterocycles. The second-order valence-corrected chi connectivity index (χ2v) is 8.99. The van der Waals surface area contributed by atoms with Crippen molar-refractivity contribution in [2.45, 2.75) is 90.4 Å². The summed E-state index contributed by atoms with van der Waals surface area (Å²) in [6, 6.07) is 4.16. The highest BCUT2D eigenvalue weighted by Gasteiger charge is 2.24. The van der Waals surface area contributed by atoms with Crippen molar-refractivity contribution in [3.8, 4) is 5.75 Å². The molecule has 0 N–H and O–H groups in total. The summed E-state index contributed by atoms with van der Waals surface area (Å²) < 4.78 is 5.19. The molecule has 0 bridgehead atoms. The maximum absolute atomic E-state index is 5.19. The van der Waals surface area contributed by atoms with Crippen LogP contribution >= 0.6 is 0 Å². The van der Waals surface area contributed by atoms with Crippen LogP contribution in [0.4, 0.5) is 0 Å². The van der Waals surface area contributed by atoms with Crippen molar-refractivity contribution >= 4 is 0 Å². The number of hydrogen-bond acceptors (Lipinski definition) is 2. The van der Waals surface area contributed by atoms with Crippen LogP contribution in [0.25, 0.3) is 0 Å². The summed E-state index contributed by atoms with van der Waals surface area (Å²) in [7, 11) is 1.70. The fourth-order valence-corrected chi connectivity index (χ4v) is 5.24. The largest absolute Gasteiger partial charge is 0.495 e. The Kier molecular flexibility index (Phi) is 7.83. The van der Waals surface area contributed by atoms with Gasteiger partial charge in [-0.25, -0.2) is 0 Å². The van der Waals surface area contributed by atoms with Gasteiger partial charge < -0.3 is 4.74 Å². The number of methoxy groups -OCH3 is 1. The van der Waals surface area contributed by atoms with E-state index >= 15 is 0 Å². The van der Waals surface area contributed by atoms with Gasteiger partial charge in [0, 0.05) is 5.69 Å². The summed E-state index contributed by atoms with van der Waals surface area (Å²) >= 11 is 0. The van der Waals surface area contributed by atoms with E-state index in [1.54, 1.807) is 7.11 Å². The molecule has 2 aliphatic carbocycles.